The van der Waals surface area contributed by atoms with E-state index in [9.17, 15) is 13.2 Å². The quantitative estimate of drug-likeness (QED) is 0.668. The van der Waals surface area contributed by atoms with Gasteiger partial charge in [-0.3, -0.25) is 9.69 Å². The van der Waals surface area contributed by atoms with Crippen LogP contribution in [-0.2, 0) is 14.8 Å². The van der Waals surface area contributed by atoms with Crippen molar-refractivity contribution in [2.75, 3.05) is 45.8 Å². The molecule has 2 heterocycles. The van der Waals surface area contributed by atoms with Crippen molar-refractivity contribution in [3.05, 3.63) is 28.2 Å². The molecule has 0 aliphatic carbocycles. The molecule has 0 spiro atoms. The number of carbonyl (C=O) groups excluding carboxylic acids is 1. The fourth-order valence-electron chi connectivity index (χ4n) is 3.66. The van der Waals surface area contributed by atoms with Gasteiger partial charge in [0.15, 0.2) is 0 Å². The summed E-state index contributed by atoms with van der Waals surface area (Å²) in [5.41, 5.74) is 0. The van der Waals surface area contributed by atoms with E-state index in [-0.39, 0.29) is 34.8 Å². The number of hydrogen-bond donors (Lipinski definition) is 0. The second-order valence-electron chi connectivity index (χ2n) is 7.06. The van der Waals surface area contributed by atoms with Gasteiger partial charge in [-0.05, 0) is 44.1 Å². The highest BCUT2D eigenvalue weighted by Crippen LogP contribution is 2.27. The lowest BCUT2D eigenvalue weighted by molar-refractivity contribution is -0.138. The van der Waals surface area contributed by atoms with Crippen LogP contribution in [0.2, 0.25) is 10.0 Å². The Hall–Kier alpha value is -1.30. The number of nitrogens with zero attached hydrogens (tertiary/aromatic N) is 3. The SMILES string of the molecule is C#CCN1CCC(C(=O)N2CCN(S(=O)(=O)c3ccc(Cl)c(Cl)c3)CC2)CC1. The van der Waals surface area contributed by atoms with Gasteiger partial charge in [0.05, 0.1) is 21.5 Å². The lowest BCUT2D eigenvalue weighted by atomic mass is 9.95. The molecule has 1 amide bonds. The number of terminal acetylenes is 1. The highest BCUT2D eigenvalue weighted by molar-refractivity contribution is 7.89. The maximum Gasteiger partial charge on any atom is 0.243 e. The van der Waals surface area contributed by atoms with Gasteiger partial charge in [0.2, 0.25) is 15.9 Å². The summed E-state index contributed by atoms with van der Waals surface area (Å²) in [6.45, 7) is 3.59. The number of piperazine rings is 1. The van der Waals surface area contributed by atoms with E-state index in [2.05, 4.69) is 10.8 Å². The van der Waals surface area contributed by atoms with Crippen LogP contribution in [0.15, 0.2) is 23.1 Å². The van der Waals surface area contributed by atoms with Gasteiger partial charge in [0.25, 0.3) is 0 Å². The number of hydrogen-bond acceptors (Lipinski definition) is 4. The molecule has 1 aromatic carbocycles. The minimum atomic E-state index is -3.66. The average Bonchev–Trinajstić information content (AvgIpc) is 2.70. The van der Waals surface area contributed by atoms with E-state index >= 15 is 0 Å². The molecule has 0 saturated carbocycles. The van der Waals surface area contributed by atoms with Crippen LogP contribution in [0, 0.1) is 18.3 Å². The van der Waals surface area contributed by atoms with Crippen LogP contribution in [0.5, 0.6) is 0 Å². The average molecular weight is 444 g/mol. The first-order chi connectivity index (χ1) is 13.3. The molecule has 0 bridgehead atoms. The number of piperidine rings is 1. The van der Waals surface area contributed by atoms with Crippen molar-refractivity contribution in [2.24, 2.45) is 5.92 Å². The maximum atomic E-state index is 12.8. The minimum Gasteiger partial charge on any atom is -0.340 e. The van der Waals surface area contributed by atoms with Gasteiger partial charge in [-0.15, -0.1) is 6.42 Å². The maximum absolute atomic E-state index is 12.8. The molecule has 0 N–H and O–H groups in total. The van der Waals surface area contributed by atoms with Crippen molar-refractivity contribution < 1.29 is 13.2 Å². The summed E-state index contributed by atoms with van der Waals surface area (Å²) in [7, 11) is -3.66. The molecule has 6 nitrogen and oxygen atoms in total. The highest BCUT2D eigenvalue weighted by atomic mass is 35.5. The molecule has 0 aromatic heterocycles. The van der Waals surface area contributed by atoms with E-state index in [1.807, 2.05) is 0 Å². The number of halogens is 2. The predicted molar refractivity (Wildman–Crippen MR) is 110 cm³/mol. The zero-order valence-electron chi connectivity index (χ0n) is 15.5. The van der Waals surface area contributed by atoms with E-state index in [1.165, 1.54) is 22.5 Å². The summed E-state index contributed by atoms with van der Waals surface area (Å²) in [6.07, 6.45) is 6.93. The lowest BCUT2D eigenvalue weighted by Crippen LogP contribution is -2.52. The molecular weight excluding hydrogens is 421 g/mol. The Morgan fingerprint density at radius 2 is 1.71 bits per heavy atom. The zero-order chi connectivity index (χ0) is 20.3. The number of benzene rings is 1. The van der Waals surface area contributed by atoms with Gasteiger partial charge in [0.1, 0.15) is 0 Å². The molecule has 28 heavy (non-hydrogen) atoms. The summed E-state index contributed by atoms with van der Waals surface area (Å²) in [5, 5.41) is 0.511. The van der Waals surface area contributed by atoms with Crippen molar-refractivity contribution in [1.82, 2.24) is 14.1 Å². The lowest BCUT2D eigenvalue weighted by Gasteiger charge is -2.37. The van der Waals surface area contributed by atoms with Crippen LogP contribution in [0.3, 0.4) is 0 Å². The molecule has 152 valence electrons. The summed E-state index contributed by atoms with van der Waals surface area (Å²) >= 11 is 11.8. The fourth-order valence-corrected chi connectivity index (χ4v) is 5.47. The predicted octanol–water partition coefficient (Wildman–Crippen LogP) is 2.17. The third-order valence-corrected chi connectivity index (χ3v) is 7.96. The molecule has 3 rings (SSSR count). The minimum absolute atomic E-state index is 0.00717. The summed E-state index contributed by atoms with van der Waals surface area (Å²) < 4.78 is 27.0. The highest BCUT2D eigenvalue weighted by Gasteiger charge is 2.33. The number of carbonyl (C=O) groups is 1. The topological polar surface area (TPSA) is 60.9 Å². The molecule has 0 unspecified atom stereocenters. The third-order valence-electron chi connectivity index (χ3n) is 5.33. The van der Waals surface area contributed by atoms with Gasteiger partial charge in [-0.2, -0.15) is 4.31 Å². The standard InChI is InChI=1S/C19H23Cl2N3O3S/c1-2-7-22-8-5-15(6-9-22)19(25)23-10-12-24(13-11-23)28(26,27)16-3-4-17(20)18(21)14-16/h1,3-4,14-15H,5-13H2. The van der Waals surface area contributed by atoms with Crippen molar-refractivity contribution >= 4 is 39.1 Å². The first kappa shape index (κ1) is 21.4. The Morgan fingerprint density at radius 3 is 2.29 bits per heavy atom. The molecule has 0 radical (unpaired) electrons. The first-order valence-corrected chi connectivity index (χ1v) is 11.4. The number of rotatable bonds is 4. The van der Waals surface area contributed by atoms with Gasteiger partial charge < -0.3 is 4.90 Å². The summed E-state index contributed by atoms with van der Waals surface area (Å²) in [5.74, 6) is 2.75. The van der Waals surface area contributed by atoms with Crippen molar-refractivity contribution in [3.63, 3.8) is 0 Å². The Labute approximate surface area is 176 Å². The van der Waals surface area contributed by atoms with E-state index < -0.39 is 10.0 Å². The Bertz CT molecular complexity index is 869. The number of likely N-dealkylation sites (tertiary alicyclic amines) is 1. The molecule has 2 aliphatic heterocycles. The second-order valence-corrected chi connectivity index (χ2v) is 9.81. The Kier molecular flexibility index (Phi) is 6.89. The summed E-state index contributed by atoms with van der Waals surface area (Å²) in [6, 6.07) is 4.29. The van der Waals surface area contributed by atoms with E-state index in [0.29, 0.717) is 24.7 Å². The van der Waals surface area contributed by atoms with E-state index in [4.69, 9.17) is 29.6 Å². The van der Waals surface area contributed by atoms with Crippen LogP contribution in [0.1, 0.15) is 12.8 Å². The zero-order valence-corrected chi connectivity index (χ0v) is 17.8. The molecular formula is C19H23Cl2N3O3S. The number of sulfonamides is 1. The summed E-state index contributed by atoms with van der Waals surface area (Å²) in [4.78, 5) is 16.9. The monoisotopic (exact) mass is 443 g/mol. The van der Waals surface area contributed by atoms with Crippen LogP contribution < -0.4 is 0 Å². The van der Waals surface area contributed by atoms with Crippen LogP contribution >= 0.6 is 23.2 Å². The molecule has 2 aliphatic rings. The van der Waals surface area contributed by atoms with E-state index in [0.717, 1.165) is 25.9 Å². The Morgan fingerprint density at radius 1 is 1.07 bits per heavy atom. The van der Waals surface area contributed by atoms with Crippen molar-refractivity contribution in [3.8, 4) is 12.3 Å². The molecule has 2 fully saturated rings. The van der Waals surface area contributed by atoms with Gasteiger partial charge in [-0.25, -0.2) is 8.42 Å². The molecule has 0 atom stereocenters. The third kappa shape index (κ3) is 4.64. The number of amides is 1. The van der Waals surface area contributed by atoms with Gasteiger partial charge >= 0.3 is 0 Å². The van der Waals surface area contributed by atoms with Crippen LogP contribution in [0.25, 0.3) is 0 Å². The fraction of sp³-hybridized carbons (Fsp3) is 0.526. The molecule has 9 heteroatoms. The largest absolute Gasteiger partial charge is 0.340 e. The van der Waals surface area contributed by atoms with Gasteiger partial charge in [0, 0.05) is 32.1 Å². The first-order valence-electron chi connectivity index (χ1n) is 9.22. The van der Waals surface area contributed by atoms with Crippen LogP contribution in [-0.4, -0.2) is 74.2 Å². The van der Waals surface area contributed by atoms with Gasteiger partial charge in [-0.1, -0.05) is 29.1 Å². The van der Waals surface area contributed by atoms with Crippen molar-refractivity contribution in [2.45, 2.75) is 17.7 Å². The smallest absolute Gasteiger partial charge is 0.243 e. The normalized spacial score (nSPS) is 20.1. The van der Waals surface area contributed by atoms with E-state index in [1.54, 1.807) is 4.90 Å². The Balaban J connectivity index is 1.57. The van der Waals surface area contributed by atoms with Crippen molar-refractivity contribution in [1.29, 1.82) is 0 Å². The second kappa shape index (κ2) is 9.02. The molecule has 2 saturated heterocycles. The van der Waals surface area contributed by atoms with Crippen LogP contribution in [0.4, 0.5) is 0 Å². The molecule has 1 aromatic rings.